The Bertz CT molecular complexity index is 714. The zero-order chi connectivity index (χ0) is 26.4. The van der Waals surface area contributed by atoms with Crippen LogP contribution in [-0.2, 0) is 19.2 Å². The van der Waals surface area contributed by atoms with E-state index in [0.717, 1.165) is 0 Å². The van der Waals surface area contributed by atoms with Gasteiger partial charge in [0.25, 0.3) is 0 Å². The van der Waals surface area contributed by atoms with Gasteiger partial charge in [-0.05, 0) is 37.5 Å². The molecule has 4 atom stereocenters. The van der Waals surface area contributed by atoms with E-state index in [4.69, 9.17) is 17.2 Å². The van der Waals surface area contributed by atoms with Crippen LogP contribution in [0.5, 0.6) is 0 Å². The van der Waals surface area contributed by atoms with Crippen LogP contribution in [0, 0.1) is 11.8 Å². The molecule has 196 valence electrons. The van der Waals surface area contributed by atoms with Crippen molar-refractivity contribution in [2.45, 2.75) is 77.5 Å². The first-order chi connectivity index (χ1) is 15.8. The highest BCUT2D eigenvalue weighted by atomic mass is 32.1. The van der Waals surface area contributed by atoms with E-state index in [1.165, 1.54) is 0 Å². The van der Waals surface area contributed by atoms with Gasteiger partial charge in [-0.3, -0.25) is 19.4 Å². The Balaban J connectivity index is 5.52. The van der Waals surface area contributed by atoms with Crippen LogP contribution in [0.1, 0.15) is 53.4 Å². The molecule has 0 radical (unpaired) electrons. The second-order valence-electron chi connectivity index (χ2n) is 9.02. The molecule has 13 heteroatoms. The molecule has 0 saturated heterocycles. The van der Waals surface area contributed by atoms with Gasteiger partial charge in [0, 0.05) is 12.3 Å². The van der Waals surface area contributed by atoms with Gasteiger partial charge in [0.2, 0.25) is 17.7 Å². The number of guanidine groups is 1. The number of carboxylic acids is 1. The molecule has 0 aromatic carbocycles. The number of aliphatic imine (C=N–C) groups is 1. The zero-order valence-corrected chi connectivity index (χ0v) is 21.3. The molecule has 0 aliphatic heterocycles. The Hall–Kier alpha value is -2.54. The normalized spacial score (nSPS) is 14.6. The Kier molecular flexibility index (Phi) is 14.9. The first kappa shape index (κ1) is 31.5. The van der Waals surface area contributed by atoms with Crippen LogP contribution in [0.15, 0.2) is 4.99 Å². The van der Waals surface area contributed by atoms with Gasteiger partial charge in [-0.15, -0.1) is 0 Å². The second kappa shape index (κ2) is 16.1. The van der Waals surface area contributed by atoms with E-state index >= 15 is 0 Å². The predicted molar refractivity (Wildman–Crippen MR) is 134 cm³/mol. The Morgan fingerprint density at radius 2 is 1.35 bits per heavy atom. The molecule has 3 amide bonds. The van der Waals surface area contributed by atoms with Gasteiger partial charge < -0.3 is 38.3 Å². The summed E-state index contributed by atoms with van der Waals surface area (Å²) >= 11 is 3.94. The van der Waals surface area contributed by atoms with Crippen molar-refractivity contribution < 1.29 is 24.3 Å². The second-order valence-corrected chi connectivity index (χ2v) is 9.38. The minimum atomic E-state index is -1.25. The van der Waals surface area contributed by atoms with Gasteiger partial charge in [-0.1, -0.05) is 27.7 Å². The number of carboxylic acid groups (broad SMARTS) is 1. The summed E-state index contributed by atoms with van der Waals surface area (Å²) in [6, 6.07) is -3.99. The maximum absolute atomic E-state index is 13.1. The first-order valence-corrected chi connectivity index (χ1v) is 12.0. The van der Waals surface area contributed by atoms with E-state index < -0.39 is 47.9 Å². The smallest absolute Gasteiger partial charge is 0.327 e. The molecule has 10 N–H and O–H groups in total. The quantitative estimate of drug-likeness (QED) is 0.0560. The van der Waals surface area contributed by atoms with Crippen LogP contribution in [0.4, 0.5) is 0 Å². The number of rotatable bonds is 16. The molecule has 12 nitrogen and oxygen atoms in total. The molecule has 0 aliphatic carbocycles. The molecule has 4 unspecified atom stereocenters. The third kappa shape index (κ3) is 13.2. The van der Waals surface area contributed by atoms with Crippen LogP contribution in [0.25, 0.3) is 0 Å². The molecule has 0 aromatic rings. The van der Waals surface area contributed by atoms with Gasteiger partial charge in [-0.2, -0.15) is 12.6 Å². The molecule has 0 heterocycles. The number of nitrogens with two attached hydrogens (primary N) is 3. The summed E-state index contributed by atoms with van der Waals surface area (Å²) in [6.45, 7) is 7.87. The van der Waals surface area contributed by atoms with E-state index in [1.54, 1.807) is 0 Å². The van der Waals surface area contributed by atoms with Gasteiger partial charge >= 0.3 is 5.97 Å². The number of hydrogen-bond acceptors (Lipinski definition) is 7. The van der Waals surface area contributed by atoms with Crippen LogP contribution < -0.4 is 33.2 Å². The zero-order valence-electron chi connectivity index (χ0n) is 20.4. The van der Waals surface area contributed by atoms with Gasteiger partial charge in [0.15, 0.2) is 5.96 Å². The summed E-state index contributed by atoms with van der Waals surface area (Å²) in [5.41, 5.74) is 16.6. The summed E-state index contributed by atoms with van der Waals surface area (Å²) in [7, 11) is 0. The Morgan fingerprint density at radius 3 is 1.82 bits per heavy atom. The number of amides is 3. The number of nitrogens with zero attached hydrogens (tertiary/aromatic N) is 1. The van der Waals surface area contributed by atoms with Crippen LogP contribution in [0.3, 0.4) is 0 Å². The van der Waals surface area contributed by atoms with E-state index in [9.17, 15) is 24.3 Å². The largest absolute Gasteiger partial charge is 0.480 e. The minimum Gasteiger partial charge on any atom is -0.480 e. The molecular weight excluding hydrogens is 462 g/mol. The average Bonchev–Trinajstić information content (AvgIpc) is 2.71. The first-order valence-electron chi connectivity index (χ1n) is 11.3. The summed E-state index contributed by atoms with van der Waals surface area (Å²) in [6.07, 6.45) is 1.26. The Morgan fingerprint density at radius 1 is 0.853 bits per heavy atom. The third-order valence-electron chi connectivity index (χ3n) is 4.78. The van der Waals surface area contributed by atoms with Crippen LogP contribution >= 0.6 is 12.6 Å². The van der Waals surface area contributed by atoms with Crippen molar-refractivity contribution in [2.75, 3.05) is 12.3 Å². The SMILES string of the molecule is CC(C)CC(N)C(=O)NC(CC(C)C)C(=O)NC(CCCN=C(N)N)C(=O)NC(CS)C(=O)O. The van der Waals surface area contributed by atoms with Crippen molar-refractivity contribution >= 4 is 42.3 Å². The minimum absolute atomic E-state index is 0.0621. The lowest BCUT2D eigenvalue weighted by molar-refractivity contribution is -0.141. The average molecular weight is 504 g/mol. The number of carbonyl (C=O) groups is 4. The predicted octanol–water partition coefficient (Wildman–Crippen LogP) is -1.07. The molecule has 0 bridgehead atoms. The maximum atomic E-state index is 13.1. The fourth-order valence-corrected chi connectivity index (χ4v) is 3.35. The number of nitrogens with one attached hydrogen (secondary N) is 3. The lowest BCUT2D eigenvalue weighted by Gasteiger charge is -2.26. The lowest BCUT2D eigenvalue weighted by atomic mass is 10.00. The Labute approximate surface area is 206 Å². The fourth-order valence-electron chi connectivity index (χ4n) is 3.10. The molecule has 0 spiro atoms. The molecule has 0 fully saturated rings. The lowest BCUT2D eigenvalue weighted by Crippen LogP contribution is -2.57. The monoisotopic (exact) mass is 503 g/mol. The van der Waals surface area contributed by atoms with Crippen molar-refractivity contribution in [1.29, 1.82) is 0 Å². The van der Waals surface area contributed by atoms with E-state index in [0.29, 0.717) is 19.3 Å². The highest BCUT2D eigenvalue weighted by Crippen LogP contribution is 2.09. The van der Waals surface area contributed by atoms with Crippen molar-refractivity contribution in [1.82, 2.24) is 16.0 Å². The highest BCUT2D eigenvalue weighted by molar-refractivity contribution is 7.80. The van der Waals surface area contributed by atoms with Crippen molar-refractivity contribution in [3.63, 3.8) is 0 Å². The molecule has 0 aliphatic rings. The fraction of sp³-hybridized carbons (Fsp3) is 0.762. The van der Waals surface area contributed by atoms with Gasteiger partial charge in [0.1, 0.15) is 18.1 Å². The number of aliphatic carboxylic acids is 1. The van der Waals surface area contributed by atoms with Gasteiger partial charge in [0.05, 0.1) is 6.04 Å². The van der Waals surface area contributed by atoms with Gasteiger partial charge in [-0.25, -0.2) is 4.79 Å². The summed E-state index contributed by atoms with van der Waals surface area (Å²) in [5.74, 6) is -2.94. The van der Waals surface area contributed by atoms with E-state index in [1.807, 2.05) is 27.7 Å². The highest BCUT2D eigenvalue weighted by Gasteiger charge is 2.30. The topological polar surface area (TPSA) is 215 Å². The molecule has 0 saturated carbocycles. The summed E-state index contributed by atoms with van der Waals surface area (Å²) in [4.78, 5) is 53.5. The summed E-state index contributed by atoms with van der Waals surface area (Å²) in [5, 5.41) is 16.9. The number of carbonyl (C=O) groups excluding carboxylic acids is 3. The standard InChI is InChI=1S/C21H41N7O5S/c1-11(2)8-13(22)17(29)27-15(9-12(3)4)19(31)26-14(6-5-7-25-21(23)24)18(30)28-16(10-34)20(32)33/h11-16,34H,5-10,22H2,1-4H3,(H,26,31)(H,27,29)(H,28,30)(H,32,33)(H4,23,24,25). The van der Waals surface area contributed by atoms with Crippen molar-refractivity contribution in [3.05, 3.63) is 0 Å². The number of thiol groups is 1. The van der Waals surface area contributed by atoms with E-state index in [2.05, 4.69) is 33.6 Å². The van der Waals surface area contributed by atoms with Crippen LogP contribution in [0.2, 0.25) is 0 Å². The maximum Gasteiger partial charge on any atom is 0.327 e. The van der Waals surface area contributed by atoms with Crippen LogP contribution in [-0.4, -0.2) is 71.2 Å². The molecule has 0 aromatic heterocycles. The third-order valence-corrected chi connectivity index (χ3v) is 5.14. The van der Waals surface area contributed by atoms with Crippen molar-refractivity contribution in [3.8, 4) is 0 Å². The summed E-state index contributed by atoms with van der Waals surface area (Å²) < 4.78 is 0. The molecular formula is C21H41N7O5S. The van der Waals surface area contributed by atoms with Crippen molar-refractivity contribution in [2.24, 2.45) is 34.0 Å². The number of hydrogen-bond donors (Lipinski definition) is 8. The molecule has 0 rings (SSSR count). The molecule has 34 heavy (non-hydrogen) atoms. The van der Waals surface area contributed by atoms with E-state index in [-0.39, 0.29) is 36.5 Å².